The minimum absolute atomic E-state index is 0.0874. The van der Waals surface area contributed by atoms with Gasteiger partial charge in [0.15, 0.2) is 0 Å². The molecule has 0 spiro atoms. The Hall–Kier alpha value is -1.72. The van der Waals surface area contributed by atoms with Crippen LogP contribution < -0.4 is 5.32 Å². The lowest BCUT2D eigenvalue weighted by molar-refractivity contribution is -0.115. The highest BCUT2D eigenvalue weighted by molar-refractivity contribution is 7.09. The Labute approximate surface area is 109 Å². The van der Waals surface area contributed by atoms with Crippen molar-refractivity contribution < 1.29 is 9.90 Å². The predicted molar refractivity (Wildman–Crippen MR) is 71.5 cm³/mol. The van der Waals surface area contributed by atoms with E-state index < -0.39 is 0 Å². The molecule has 1 aromatic carbocycles. The van der Waals surface area contributed by atoms with Gasteiger partial charge in [-0.3, -0.25) is 4.79 Å². The molecular formula is C13H14N2O2S. The molecule has 2 rings (SSSR count). The molecule has 0 atom stereocenters. The number of amides is 1. The second kappa shape index (κ2) is 5.75. The van der Waals surface area contributed by atoms with Crippen LogP contribution in [0, 0.1) is 6.92 Å². The number of carbonyl (C=O) groups is 1. The number of para-hydroxylation sites is 1. The summed E-state index contributed by atoms with van der Waals surface area (Å²) in [4.78, 5) is 16.0. The average molecular weight is 262 g/mol. The van der Waals surface area contributed by atoms with Crippen molar-refractivity contribution in [3.05, 3.63) is 45.9 Å². The van der Waals surface area contributed by atoms with Crippen LogP contribution in [0.15, 0.2) is 29.6 Å². The van der Waals surface area contributed by atoms with Crippen molar-refractivity contribution in [2.24, 2.45) is 0 Å². The van der Waals surface area contributed by atoms with Gasteiger partial charge in [0.25, 0.3) is 0 Å². The number of carbonyl (C=O) groups excluding carboxylic acids is 1. The SMILES string of the molecule is Cc1ccccc1NC(=O)Cc1nc(CO)cs1. The Kier molecular flexibility index (Phi) is 4.07. The van der Waals surface area contributed by atoms with E-state index in [4.69, 9.17) is 5.11 Å². The Bertz CT molecular complexity index is 551. The molecule has 0 saturated carbocycles. The maximum Gasteiger partial charge on any atom is 0.231 e. The van der Waals surface area contributed by atoms with Crippen molar-refractivity contribution in [1.82, 2.24) is 4.98 Å². The van der Waals surface area contributed by atoms with Gasteiger partial charge in [-0.2, -0.15) is 0 Å². The first-order chi connectivity index (χ1) is 8.69. The van der Waals surface area contributed by atoms with Gasteiger partial charge in [-0.1, -0.05) is 18.2 Å². The highest BCUT2D eigenvalue weighted by Crippen LogP contribution is 2.15. The average Bonchev–Trinajstić information content (AvgIpc) is 2.80. The van der Waals surface area contributed by atoms with Crippen molar-refractivity contribution >= 4 is 22.9 Å². The Morgan fingerprint density at radius 3 is 2.89 bits per heavy atom. The summed E-state index contributed by atoms with van der Waals surface area (Å²) < 4.78 is 0. The van der Waals surface area contributed by atoms with E-state index in [9.17, 15) is 4.79 Å². The molecule has 94 valence electrons. The number of aliphatic hydroxyl groups excluding tert-OH is 1. The number of benzene rings is 1. The Morgan fingerprint density at radius 1 is 1.44 bits per heavy atom. The molecule has 0 bridgehead atoms. The molecule has 1 aromatic heterocycles. The normalized spacial score (nSPS) is 10.3. The molecule has 0 aliphatic heterocycles. The fraction of sp³-hybridized carbons (Fsp3) is 0.231. The zero-order valence-electron chi connectivity index (χ0n) is 10.0. The molecule has 0 unspecified atom stereocenters. The third-order valence-corrected chi connectivity index (χ3v) is 3.39. The summed E-state index contributed by atoms with van der Waals surface area (Å²) in [6.07, 6.45) is 0.235. The Balaban J connectivity index is 1.99. The van der Waals surface area contributed by atoms with Crippen LogP contribution >= 0.6 is 11.3 Å². The first kappa shape index (κ1) is 12.7. The number of aromatic nitrogens is 1. The van der Waals surface area contributed by atoms with E-state index in [1.54, 1.807) is 5.38 Å². The lowest BCUT2D eigenvalue weighted by Gasteiger charge is -2.06. The van der Waals surface area contributed by atoms with Crippen LogP contribution in [0.1, 0.15) is 16.3 Å². The van der Waals surface area contributed by atoms with E-state index in [1.807, 2.05) is 31.2 Å². The molecule has 0 aliphatic rings. The van der Waals surface area contributed by atoms with Crippen LogP contribution in [0.3, 0.4) is 0 Å². The maximum absolute atomic E-state index is 11.8. The maximum atomic E-state index is 11.8. The van der Waals surface area contributed by atoms with E-state index in [2.05, 4.69) is 10.3 Å². The number of nitrogens with one attached hydrogen (secondary N) is 1. The molecule has 4 nitrogen and oxygen atoms in total. The minimum Gasteiger partial charge on any atom is -0.390 e. The molecule has 2 N–H and O–H groups in total. The molecule has 2 aromatic rings. The van der Waals surface area contributed by atoms with Gasteiger partial charge >= 0.3 is 0 Å². The number of hydrogen-bond donors (Lipinski definition) is 2. The number of hydrogen-bond acceptors (Lipinski definition) is 4. The van der Waals surface area contributed by atoms with Crippen molar-refractivity contribution in [2.45, 2.75) is 20.0 Å². The molecule has 0 aliphatic carbocycles. The van der Waals surface area contributed by atoms with Gasteiger partial charge in [0.05, 0.1) is 18.7 Å². The molecule has 1 heterocycles. The van der Waals surface area contributed by atoms with Gasteiger partial charge < -0.3 is 10.4 Å². The summed E-state index contributed by atoms with van der Waals surface area (Å²) in [6.45, 7) is 1.86. The molecule has 1 amide bonds. The molecule has 5 heteroatoms. The van der Waals surface area contributed by atoms with E-state index in [0.717, 1.165) is 11.3 Å². The highest BCUT2D eigenvalue weighted by atomic mass is 32.1. The molecule has 0 saturated heterocycles. The van der Waals surface area contributed by atoms with Crippen LogP contribution in [-0.4, -0.2) is 16.0 Å². The lowest BCUT2D eigenvalue weighted by Crippen LogP contribution is -2.15. The minimum atomic E-state index is -0.0943. The summed E-state index contributed by atoms with van der Waals surface area (Å²) in [5.41, 5.74) is 2.46. The van der Waals surface area contributed by atoms with Gasteiger partial charge in [0, 0.05) is 11.1 Å². The van der Waals surface area contributed by atoms with Gasteiger partial charge in [0.2, 0.25) is 5.91 Å². The molecule has 0 radical (unpaired) electrons. The third kappa shape index (κ3) is 3.15. The largest absolute Gasteiger partial charge is 0.390 e. The van der Waals surface area contributed by atoms with E-state index in [-0.39, 0.29) is 18.9 Å². The third-order valence-electron chi connectivity index (χ3n) is 2.49. The molecule has 0 fully saturated rings. The smallest absolute Gasteiger partial charge is 0.231 e. The summed E-state index contributed by atoms with van der Waals surface area (Å²) >= 11 is 1.39. The van der Waals surface area contributed by atoms with Gasteiger partial charge in [-0.25, -0.2) is 4.98 Å². The van der Waals surface area contributed by atoms with Gasteiger partial charge in [-0.05, 0) is 18.6 Å². The number of thiazole rings is 1. The van der Waals surface area contributed by atoms with Crippen molar-refractivity contribution in [2.75, 3.05) is 5.32 Å². The molecule has 18 heavy (non-hydrogen) atoms. The number of nitrogens with zero attached hydrogens (tertiary/aromatic N) is 1. The number of rotatable bonds is 4. The standard InChI is InChI=1S/C13H14N2O2S/c1-9-4-2-3-5-11(9)15-12(17)6-13-14-10(7-16)8-18-13/h2-5,8,16H,6-7H2,1H3,(H,15,17). The second-order valence-corrected chi connectivity index (χ2v) is 4.87. The summed E-state index contributed by atoms with van der Waals surface area (Å²) in [7, 11) is 0. The van der Waals surface area contributed by atoms with E-state index in [1.165, 1.54) is 11.3 Å². The van der Waals surface area contributed by atoms with Crippen molar-refractivity contribution in [1.29, 1.82) is 0 Å². The summed E-state index contributed by atoms with van der Waals surface area (Å²) in [5.74, 6) is -0.0943. The van der Waals surface area contributed by atoms with Crippen LogP contribution in [0.4, 0.5) is 5.69 Å². The monoisotopic (exact) mass is 262 g/mol. The summed E-state index contributed by atoms with van der Waals surface area (Å²) in [6, 6.07) is 7.63. The van der Waals surface area contributed by atoms with Crippen LogP contribution in [-0.2, 0) is 17.8 Å². The zero-order valence-corrected chi connectivity index (χ0v) is 10.8. The second-order valence-electron chi connectivity index (χ2n) is 3.93. The van der Waals surface area contributed by atoms with E-state index in [0.29, 0.717) is 10.7 Å². The van der Waals surface area contributed by atoms with E-state index >= 15 is 0 Å². The quantitative estimate of drug-likeness (QED) is 0.887. The van der Waals surface area contributed by atoms with Gasteiger partial charge in [0.1, 0.15) is 5.01 Å². The van der Waals surface area contributed by atoms with Crippen molar-refractivity contribution in [3.8, 4) is 0 Å². The first-order valence-corrected chi connectivity index (χ1v) is 6.46. The lowest BCUT2D eigenvalue weighted by atomic mass is 10.2. The number of anilines is 1. The predicted octanol–water partition coefficient (Wildman–Crippen LogP) is 2.13. The zero-order chi connectivity index (χ0) is 13.0. The number of aliphatic hydroxyl groups is 1. The van der Waals surface area contributed by atoms with Crippen LogP contribution in [0.2, 0.25) is 0 Å². The summed E-state index contributed by atoms with van der Waals surface area (Å²) in [5, 5.41) is 14.2. The van der Waals surface area contributed by atoms with Crippen LogP contribution in [0.5, 0.6) is 0 Å². The fourth-order valence-electron chi connectivity index (χ4n) is 1.55. The van der Waals surface area contributed by atoms with Crippen LogP contribution in [0.25, 0.3) is 0 Å². The van der Waals surface area contributed by atoms with Crippen molar-refractivity contribution in [3.63, 3.8) is 0 Å². The number of aryl methyl sites for hydroxylation is 1. The topological polar surface area (TPSA) is 62.2 Å². The fourth-order valence-corrected chi connectivity index (χ4v) is 2.33. The highest BCUT2D eigenvalue weighted by Gasteiger charge is 2.08. The Morgan fingerprint density at radius 2 is 2.22 bits per heavy atom. The van der Waals surface area contributed by atoms with Gasteiger partial charge in [-0.15, -0.1) is 11.3 Å². The molecular weight excluding hydrogens is 248 g/mol. The first-order valence-electron chi connectivity index (χ1n) is 5.58.